The molecular formula is C41H47NO4. The van der Waals surface area contributed by atoms with Crippen molar-refractivity contribution in [1.29, 1.82) is 0 Å². The van der Waals surface area contributed by atoms with E-state index in [0.29, 0.717) is 18.1 Å². The standard InChI is InChI=1S/C41H47NO4/c1-31-24-25-36(40(2,3)35-22-14-7-15-23-35)37(28-31)46-39(44)41(29-32-16-8-4-9-17-32,42-38(43)34-20-12-6-13-21-34)26-27-45-30-33-18-10-5-11-19-33/h4-23,31,36-37H,24-30H2,1-3H3,(H,42,43)/t31-,36-,37-,41?/m1/s1. The lowest BCUT2D eigenvalue weighted by atomic mass is 9.64. The van der Waals surface area contributed by atoms with Gasteiger partial charge in [-0.05, 0) is 53.0 Å². The lowest BCUT2D eigenvalue weighted by Gasteiger charge is -2.45. The predicted octanol–water partition coefficient (Wildman–Crippen LogP) is 8.33. The van der Waals surface area contributed by atoms with Crippen LogP contribution in [0.4, 0.5) is 0 Å². The molecule has 1 saturated carbocycles. The molecule has 4 aromatic carbocycles. The van der Waals surface area contributed by atoms with E-state index in [2.05, 4.69) is 50.4 Å². The number of hydrogen-bond donors (Lipinski definition) is 1. The zero-order valence-electron chi connectivity index (χ0n) is 27.4. The molecule has 240 valence electrons. The minimum atomic E-state index is -1.34. The van der Waals surface area contributed by atoms with Crippen LogP contribution in [-0.2, 0) is 32.7 Å². The van der Waals surface area contributed by atoms with Crippen molar-refractivity contribution in [2.24, 2.45) is 11.8 Å². The maximum atomic E-state index is 14.8. The van der Waals surface area contributed by atoms with E-state index in [1.54, 1.807) is 12.1 Å². The molecule has 0 radical (unpaired) electrons. The Morgan fingerprint density at radius 1 is 0.761 bits per heavy atom. The Kier molecular flexibility index (Phi) is 11.1. The van der Waals surface area contributed by atoms with Gasteiger partial charge in [-0.1, -0.05) is 136 Å². The van der Waals surface area contributed by atoms with Crippen LogP contribution in [0.3, 0.4) is 0 Å². The summed E-state index contributed by atoms with van der Waals surface area (Å²) in [7, 11) is 0. The summed E-state index contributed by atoms with van der Waals surface area (Å²) in [6, 6.07) is 39.4. The van der Waals surface area contributed by atoms with Crippen molar-refractivity contribution in [2.75, 3.05) is 6.61 Å². The molecule has 0 bridgehead atoms. The summed E-state index contributed by atoms with van der Waals surface area (Å²) in [6.45, 7) is 7.44. The molecule has 4 atom stereocenters. The minimum absolute atomic E-state index is 0.128. The first kappa shape index (κ1) is 33.2. The monoisotopic (exact) mass is 617 g/mol. The van der Waals surface area contributed by atoms with Gasteiger partial charge in [-0.15, -0.1) is 0 Å². The summed E-state index contributed by atoms with van der Waals surface area (Å²) in [5.74, 6) is -0.160. The summed E-state index contributed by atoms with van der Waals surface area (Å²) in [5, 5.41) is 3.19. The number of hydrogen-bond acceptors (Lipinski definition) is 4. The van der Waals surface area contributed by atoms with Crippen molar-refractivity contribution < 1.29 is 19.1 Å². The number of amides is 1. The largest absolute Gasteiger partial charge is 0.460 e. The first-order valence-electron chi connectivity index (χ1n) is 16.6. The number of benzene rings is 4. The van der Waals surface area contributed by atoms with Crippen molar-refractivity contribution in [3.8, 4) is 0 Å². The fraction of sp³-hybridized carbons (Fsp3) is 0.366. The molecule has 0 aliphatic heterocycles. The van der Waals surface area contributed by atoms with Gasteiger partial charge >= 0.3 is 5.97 Å². The molecule has 0 aromatic heterocycles. The van der Waals surface area contributed by atoms with Crippen LogP contribution in [0.15, 0.2) is 121 Å². The highest BCUT2D eigenvalue weighted by Crippen LogP contribution is 2.44. The average Bonchev–Trinajstić information content (AvgIpc) is 3.08. The lowest BCUT2D eigenvalue weighted by molar-refractivity contribution is -0.165. The van der Waals surface area contributed by atoms with Crippen LogP contribution < -0.4 is 5.32 Å². The molecule has 1 amide bonds. The van der Waals surface area contributed by atoms with Crippen LogP contribution >= 0.6 is 0 Å². The second kappa shape index (κ2) is 15.4. The summed E-state index contributed by atoms with van der Waals surface area (Å²) < 4.78 is 12.8. The third-order valence-corrected chi connectivity index (χ3v) is 9.67. The van der Waals surface area contributed by atoms with E-state index in [-0.39, 0.29) is 42.8 Å². The summed E-state index contributed by atoms with van der Waals surface area (Å²) in [6.07, 6.45) is 3.09. The number of esters is 1. The maximum Gasteiger partial charge on any atom is 0.332 e. The summed E-state index contributed by atoms with van der Waals surface area (Å²) in [4.78, 5) is 28.6. The van der Waals surface area contributed by atoms with E-state index in [1.807, 2.05) is 84.9 Å². The van der Waals surface area contributed by atoms with E-state index in [4.69, 9.17) is 9.47 Å². The first-order chi connectivity index (χ1) is 22.3. The quantitative estimate of drug-likeness (QED) is 0.121. The Morgan fingerprint density at radius 3 is 1.96 bits per heavy atom. The molecule has 1 aliphatic rings. The number of ether oxygens (including phenoxy) is 2. The molecule has 1 fully saturated rings. The van der Waals surface area contributed by atoms with E-state index in [1.165, 1.54) is 5.56 Å². The smallest absolute Gasteiger partial charge is 0.332 e. The SMILES string of the molecule is C[C@@H]1CC[C@@H](C(C)(C)c2ccccc2)[C@H](OC(=O)C(CCOCc2ccccc2)(Cc2ccccc2)NC(=O)c2ccccc2)C1. The minimum Gasteiger partial charge on any atom is -0.460 e. The van der Waals surface area contributed by atoms with Crippen molar-refractivity contribution in [1.82, 2.24) is 5.32 Å². The maximum absolute atomic E-state index is 14.8. The molecule has 1 unspecified atom stereocenters. The molecule has 0 spiro atoms. The first-order valence-corrected chi connectivity index (χ1v) is 16.6. The van der Waals surface area contributed by atoms with E-state index in [0.717, 1.165) is 30.4 Å². The predicted molar refractivity (Wildman–Crippen MR) is 183 cm³/mol. The van der Waals surface area contributed by atoms with Gasteiger partial charge in [0.2, 0.25) is 0 Å². The zero-order chi connectivity index (χ0) is 32.4. The summed E-state index contributed by atoms with van der Waals surface area (Å²) >= 11 is 0. The van der Waals surface area contributed by atoms with Gasteiger partial charge in [-0.3, -0.25) is 4.79 Å². The number of rotatable bonds is 13. The second-order valence-electron chi connectivity index (χ2n) is 13.4. The Balaban J connectivity index is 1.47. The highest BCUT2D eigenvalue weighted by atomic mass is 16.5. The third kappa shape index (κ3) is 8.32. The second-order valence-corrected chi connectivity index (χ2v) is 13.4. The normalized spacial score (nSPS) is 19.5. The third-order valence-electron chi connectivity index (χ3n) is 9.67. The van der Waals surface area contributed by atoms with Crippen molar-refractivity contribution in [3.05, 3.63) is 144 Å². The lowest BCUT2D eigenvalue weighted by Crippen LogP contribution is -2.59. The van der Waals surface area contributed by atoms with Gasteiger partial charge in [-0.2, -0.15) is 0 Å². The fourth-order valence-corrected chi connectivity index (χ4v) is 6.87. The van der Waals surface area contributed by atoms with Crippen molar-refractivity contribution in [2.45, 2.75) is 76.5 Å². The fourth-order valence-electron chi connectivity index (χ4n) is 6.87. The van der Waals surface area contributed by atoms with Crippen LogP contribution in [0.2, 0.25) is 0 Å². The van der Waals surface area contributed by atoms with Crippen LogP contribution in [-0.4, -0.2) is 30.1 Å². The molecule has 0 heterocycles. The van der Waals surface area contributed by atoms with Crippen LogP contribution in [0.1, 0.15) is 73.5 Å². The average molecular weight is 618 g/mol. The van der Waals surface area contributed by atoms with Gasteiger partial charge in [-0.25, -0.2) is 4.79 Å². The zero-order valence-corrected chi connectivity index (χ0v) is 27.4. The van der Waals surface area contributed by atoms with E-state index >= 15 is 0 Å². The molecule has 5 rings (SSSR count). The number of nitrogens with one attached hydrogen (secondary N) is 1. The molecular weight excluding hydrogens is 570 g/mol. The Hall–Kier alpha value is -4.22. The van der Waals surface area contributed by atoms with Gasteiger partial charge in [0.05, 0.1) is 6.61 Å². The Bertz CT molecular complexity index is 1520. The van der Waals surface area contributed by atoms with Crippen LogP contribution in [0, 0.1) is 11.8 Å². The number of carbonyl (C=O) groups excluding carboxylic acids is 2. The van der Waals surface area contributed by atoms with Crippen LogP contribution in [0.5, 0.6) is 0 Å². The number of carbonyl (C=O) groups is 2. The van der Waals surface area contributed by atoms with E-state index in [9.17, 15) is 9.59 Å². The molecule has 5 heteroatoms. The Morgan fingerprint density at radius 2 is 1.33 bits per heavy atom. The highest BCUT2D eigenvalue weighted by molar-refractivity contribution is 5.98. The van der Waals surface area contributed by atoms with Gasteiger partial charge in [0.1, 0.15) is 11.6 Å². The van der Waals surface area contributed by atoms with E-state index < -0.39 is 11.5 Å². The van der Waals surface area contributed by atoms with Gasteiger partial charge in [0, 0.05) is 30.9 Å². The highest BCUT2D eigenvalue weighted by Gasteiger charge is 2.47. The molecule has 1 aliphatic carbocycles. The molecule has 1 N–H and O–H groups in total. The molecule has 46 heavy (non-hydrogen) atoms. The topological polar surface area (TPSA) is 64.6 Å². The van der Waals surface area contributed by atoms with Gasteiger partial charge in [0.25, 0.3) is 5.91 Å². The van der Waals surface area contributed by atoms with Crippen LogP contribution in [0.25, 0.3) is 0 Å². The molecule has 5 nitrogen and oxygen atoms in total. The van der Waals surface area contributed by atoms with Gasteiger partial charge < -0.3 is 14.8 Å². The van der Waals surface area contributed by atoms with Crippen molar-refractivity contribution >= 4 is 11.9 Å². The molecule has 4 aromatic rings. The Labute approximate surface area is 274 Å². The van der Waals surface area contributed by atoms with Crippen molar-refractivity contribution in [3.63, 3.8) is 0 Å². The summed E-state index contributed by atoms with van der Waals surface area (Å²) in [5.41, 5.74) is 2.17. The van der Waals surface area contributed by atoms with Gasteiger partial charge in [0.15, 0.2) is 0 Å². The molecule has 0 saturated heterocycles.